The number of carbonyl (C=O) groups is 1. The summed E-state index contributed by atoms with van der Waals surface area (Å²) in [7, 11) is 0. The number of benzene rings is 2. The normalized spacial score (nSPS) is 21.6. The van der Waals surface area contributed by atoms with E-state index < -0.39 is 0 Å². The molecule has 158 valence electrons. The van der Waals surface area contributed by atoms with Gasteiger partial charge in [0.15, 0.2) is 11.5 Å². The van der Waals surface area contributed by atoms with E-state index in [9.17, 15) is 4.79 Å². The minimum Gasteiger partial charge on any atom is -0.454 e. The molecule has 5 rings (SSSR count). The number of hydrogen-bond acceptors (Lipinski definition) is 4. The Morgan fingerprint density at radius 1 is 1.13 bits per heavy atom. The van der Waals surface area contributed by atoms with E-state index in [1.54, 1.807) is 0 Å². The van der Waals surface area contributed by atoms with Crippen LogP contribution in [0.1, 0.15) is 43.7 Å². The van der Waals surface area contributed by atoms with Crippen molar-refractivity contribution in [3.8, 4) is 11.5 Å². The molecule has 2 aromatic rings. The Hall–Kier alpha value is -2.53. The van der Waals surface area contributed by atoms with Gasteiger partial charge < -0.3 is 14.4 Å². The zero-order chi connectivity index (χ0) is 20.6. The molecule has 0 radical (unpaired) electrons. The van der Waals surface area contributed by atoms with E-state index in [0.717, 1.165) is 61.5 Å². The first-order valence-corrected chi connectivity index (χ1v) is 11.2. The van der Waals surface area contributed by atoms with Crippen LogP contribution in [0.4, 0.5) is 0 Å². The van der Waals surface area contributed by atoms with Crippen molar-refractivity contribution in [2.45, 2.75) is 50.6 Å². The average molecular weight is 407 g/mol. The second-order valence-corrected chi connectivity index (χ2v) is 8.75. The molecule has 2 fully saturated rings. The van der Waals surface area contributed by atoms with Crippen LogP contribution in [0, 0.1) is 0 Å². The van der Waals surface area contributed by atoms with Gasteiger partial charge in [-0.15, -0.1) is 0 Å². The Kier molecular flexibility index (Phi) is 5.15. The van der Waals surface area contributed by atoms with E-state index >= 15 is 0 Å². The second-order valence-electron chi connectivity index (χ2n) is 8.75. The van der Waals surface area contributed by atoms with E-state index in [1.807, 2.05) is 30.3 Å². The fourth-order valence-corrected chi connectivity index (χ4v) is 5.06. The van der Waals surface area contributed by atoms with Gasteiger partial charge in [-0.2, -0.15) is 0 Å². The topological polar surface area (TPSA) is 42.0 Å². The van der Waals surface area contributed by atoms with Gasteiger partial charge in [0.2, 0.25) is 12.7 Å². The van der Waals surface area contributed by atoms with Gasteiger partial charge in [0.25, 0.3) is 0 Å². The summed E-state index contributed by atoms with van der Waals surface area (Å²) in [5.74, 6) is 1.84. The summed E-state index contributed by atoms with van der Waals surface area (Å²) in [4.78, 5) is 18.5. The number of hydrogen-bond donors (Lipinski definition) is 0. The molecule has 1 amide bonds. The van der Waals surface area contributed by atoms with E-state index in [1.165, 1.54) is 6.42 Å². The van der Waals surface area contributed by atoms with Crippen LogP contribution in [0.2, 0.25) is 0 Å². The number of carbonyl (C=O) groups excluding carboxylic acids is 1. The maximum atomic E-state index is 13.9. The third-order valence-electron chi connectivity index (χ3n) is 6.92. The molecular weight excluding hydrogens is 376 g/mol. The molecule has 1 atom stereocenters. The molecule has 2 aromatic carbocycles. The molecule has 5 heteroatoms. The summed E-state index contributed by atoms with van der Waals surface area (Å²) >= 11 is 0. The van der Waals surface area contributed by atoms with Crippen molar-refractivity contribution in [1.29, 1.82) is 0 Å². The second kappa shape index (κ2) is 7.95. The molecule has 0 spiro atoms. The number of rotatable bonds is 7. The molecule has 0 unspecified atom stereocenters. The highest BCUT2D eigenvalue weighted by Crippen LogP contribution is 2.50. The van der Waals surface area contributed by atoms with Gasteiger partial charge in [0.1, 0.15) is 0 Å². The third kappa shape index (κ3) is 3.56. The first-order valence-electron chi connectivity index (χ1n) is 11.2. The number of fused-ring (bicyclic) bond motifs is 1. The van der Waals surface area contributed by atoms with Gasteiger partial charge in [-0.05, 0) is 62.0 Å². The molecule has 1 aliphatic carbocycles. The standard InChI is InChI=1S/C25H30N2O3/c1-2-26-14-6-9-21(26)17-27(16-19-10-11-22-23(15-19)30-18-29-22)24(28)25(12-13-25)20-7-4-3-5-8-20/h3-5,7-8,10-11,15,21H,2,6,9,12-14,16-18H2,1H3/t21-/m1/s1. The summed E-state index contributed by atoms with van der Waals surface area (Å²) in [6.45, 7) is 6.06. The van der Waals surface area contributed by atoms with Crippen LogP contribution in [0.5, 0.6) is 11.5 Å². The van der Waals surface area contributed by atoms with E-state index in [4.69, 9.17) is 9.47 Å². The molecule has 2 heterocycles. The van der Waals surface area contributed by atoms with Gasteiger partial charge in [0, 0.05) is 19.1 Å². The smallest absolute Gasteiger partial charge is 0.233 e. The third-order valence-corrected chi connectivity index (χ3v) is 6.92. The fourth-order valence-electron chi connectivity index (χ4n) is 5.06. The van der Waals surface area contributed by atoms with Crippen LogP contribution in [-0.2, 0) is 16.8 Å². The largest absolute Gasteiger partial charge is 0.454 e. The van der Waals surface area contributed by atoms with Crippen molar-refractivity contribution in [1.82, 2.24) is 9.80 Å². The van der Waals surface area contributed by atoms with Crippen molar-refractivity contribution in [3.63, 3.8) is 0 Å². The minimum absolute atomic E-state index is 0.270. The Labute approximate surface area is 178 Å². The first-order chi connectivity index (χ1) is 14.7. The van der Waals surface area contributed by atoms with Crippen LogP contribution in [0.25, 0.3) is 0 Å². The van der Waals surface area contributed by atoms with Crippen molar-refractivity contribution >= 4 is 5.91 Å². The molecule has 30 heavy (non-hydrogen) atoms. The number of ether oxygens (including phenoxy) is 2. The zero-order valence-electron chi connectivity index (χ0n) is 17.7. The number of amides is 1. The SMILES string of the molecule is CCN1CCC[C@@H]1CN(Cc1ccc2c(c1)OCO2)C(=O)C1(c2ccccc2)CC1. The maximum Gasteiger partial charge on any atom is 0.233 e. The molecule has 1 saturated carbocycles. The van der Waals surface area contributed by atoms with Gasteiger partial charge in [-0.3, -0.25) is 9.69 Å². The number of nitrogens with zero attached hydrogens (tertiary/aromatic N) is 2. The summed E-state index contributed by atoms with van der Waals surface area (Å²) in [5, 5.41) is 0. The quantitative estimate of drug-likeness (QED) is 0.698. The van der Waals surface area contributed by atoms with Crippen molar-refractivity contribution in [2.24, 2.45) is 0 Å². The molecule has 0 aromatic heterocycles. The predicted molar refractivity (Wildman–Crippen MR) is 116 cm³/mol. The minimum atomic E-state index is -0.340. The molecule has 5 nitrogen and oxygen atoms in total. The van der Waals surface area contributed by atoms with Crippen molar-refractivity contribution in [2.75, 3.05) is 26.4 Å². The van der Waals surface area contributed by atoms with Crippen molar-refractivity contribution < 1.29 is 14.3 Å². The van der Waals surface area contributed by atoms with Gasteiger partial charge in [0.05, 0.1) is 5.41 Å². The highest BCUT2D eigenvalue weighted by molar-refractivity contribution is 5.91. The van der Waals surface area contributed by atoms with Gasteiger partial charge in [-0.1, -0.05) is 43.3 Å². The summed E-state index contributed by atoms with van der Waals surface area (Å²) < 4.78 is 11.0. The Balaban J connectivity index is 1.41. The van der Waals surface area contributed by atoms with Crippen LogP contribution in [-0.4, -0.2) is 48.2 Å². The monoisotopic (exact) mass is 406 g/mol. The van der Waals surface area contributed by atoms with Crippen molar-refractivity contribution in [3.05, 3.63) is 59.7 Å². The lowest BCUT2D eigenvalue weighted by Crippen LogP contribution is -2.46. The van der Waals surface area contributed by atoms with Crippen LogP contribution >= 0.6 is 0 Å². The molecule has 2 aliphatic heterocycles. The summed E-state index contributed by atoms with van der Waals surface area (Å²) in [5.41, 5.74) is 1.91. The lowest BCUT2D eigenvalue weighted by Gasteiger charge is -2.33. The molecule has 0 bridgehead atoms. The molecule has 0 N–H and O–H groups in total. The van der Waals surface area contributed by atoms with E-state index in [0.29, 0.717) is 12.6 Å². The maximum absolute atomic E-state index is 13.9. The van der Waals surface area contributed by atoms with Gasteiger partial charge in [-0.25, -0.2) is 0 Å². The van der Waals surface area contributed by atoms with E-state index in [-0.39, 0.29) is 18.1 Å². The fraction of sp³-hybridized carbons (Fsp3) is 0.480. The lowest BCUT2D eigenvalue weighted by atomic mass is 9.93. The molecule has 3 aliphatic rings. The predicted octanol–water partition coefficient (Wildman–Crippen LogP) is 3.96. The van der Waals surface area contributed by atoms with E-state index in [2.05, 4.69) is 34.9 Å². The highest BCUT2D eigenvalue weighted by Gasteiger charge is 2.53. The van der Waals surface area contributed by atoms with Crippen LogP contribution in [0.15, 0.2) is 48.5 Å². The molecule has 1 saturated heterocycles. The number of likely N-dealkylation sites (N-methyl/N-ethyl adjacent to an activating group) is 1. The Morgan fingerprint density at radius 2 is 1.93 bits per heavy atom. The Morgan fingerprint density at radius 3 is 2.70 bits per heavy atom. The van der Waals surface area contributed by atoms with Crippen LogP contribution in [0.3, 0.4) is 0 Å². The molecular formula is C25H30N2O3. The lowest BCUT2D eigenvalue weighted by molar-refractivity contribution is -0.135. The first kappa shape index (κ1) is 19.4. The highest BCUT2D eigenvalue weighted by atomic mass is 16.7. The summed E-state index contributed by atoms with van der Waals surface area (Å²) in [6.07, 6.45) is 4.26. The van der Waals surface area contributed by atoms with Crippen LogP contribution < -0.4 is 9.47 Å². The number of likely N-dealkylation sites (tertiary alicyclic amines) is 1. The Bertz CT molecular complexity index is 910. The zero-order valence-corrected chi connectivity index (χ0v) is 17.7. The summed E-state index contributed by atoms with van der Waals surface area (Å²) in [6, 6.07) is 16.8. The average Bonchev–Trinajstić information content (AvgIpc) is 3.24. The van der Waals surface area contributed by atoms with Gasteiger partial charge >= 0.3 is 0 Å².